The van der Waals surface area contributed by atoms with Crippen molar-refractivity contribution in [3.63, 3.8) is 0 Å². The normalized spacial score (nSPS) is 16.5. The Hall–Kier alpha value is -3.70. The fraction of sp³-hybridized carbons (Fsp3) is 0.371. The lowest BCUT2D eigenvalue weighted by atomic mass is 9.86. The number of aryl methyl sites for hydroxylation is 1. The smallest absolute Gasteiger partial charge is 0.133 e. The average Bonchev–Trinajstić information content (AvgIpc) is 3.18. The van der Waals surface area contributed by atoms with Crippen LogP contribution in [-0.2, 0) is 26.1 Å². The maximum absolute atomic E-state index is 9.81. The van der Waals surface area contributed by atoms with Crippen molar-refractivity contribution in [1.29, 1.82) is 10.5 Å². The Kier molecular flexibility index (Phi) is 9.23. The monoisotopic (exact) mass is 514 g/mol. The second-order valence-electron chi connectivity index (χ2n) is 11.1. The molecule has 0 saturated carbocycles. The first-order valence-corrected chi connectivity index (χ1v) is 14.4. The molecule has 39 heavy (non-hydrogen) atoms. The standard InChI is InChI=1S/C35H38N4/c36-23-34(24-37)35(16-13-28-17-20-38(21-18-28)25-29-8-3-1-4-9-29)32-15-14-31-12-7-19-39(27-33(31)22-32)26-30-10-5-2-6-11-30/h1-6,8-11,14-15,22,28H,7,12-13,16-21,25-27H2. The van der Waals surface area contributed by atoms with E-state index in [1.54, 1.807) is 0 Å². The molecule has 0 aliphatic carbocycles. The first-order chi connectivity index (χ1) is 19.2. The van der Waals surface area contributed by atoms with Crippen LogP contribution in [0.15, 0.2) is 84.4 Å². The summed E-state index contributed by atoms with van der Waals surface area (Å²) in [4.78, 5) is 5.07. The molecule has 0 bridgehead atoms. The summed E-state index contributed by atoms with van der Waals surface area (Å²) in [6.45, 7) is 6.15. The number of hydrogen-bond acceptors (Lipinski definition) is 4. The first-order valence-electron chi connectivity index (χ1n) is 14.4. The van der Waals surface area contributed by atoms with E-state index in [4.69, 9.17) is 0 Å². The van der Waals surface area contributed by atoms with Gasteiger partial charge in [-0.3, -0.25) is 9.80 Å². The predicted molar refractivity (Wildman–Crippen MR) is 157 cm³/mol. The fourth-order valence-corrected chi connectivity index (χ4v) is 6.19. The summed E-state index contributed by atoms with van der Waals surface area (Å²) in [5.74, 6) is 0.632. The highest BCUT2D eigenvalue weighted by Crippen LogP contribution is 2.32. The number of allylic oxidation sites excluding steroid dienone is 2. The number of piperidine rings is 1. The van der Waals surface area contributed by atoms with E-state index in [9.17, 15) is 10.5 Å². The zero-order chi connectivity index (χ0) is 26.9. The van der Waals surface area contributed by atoms with Crippen molar-refractivity contribution >= 4 is 5.57 Å². The number of fused-ring (bicyclic) bond motifs is 1. The molecular weight excluding hydrogens is 476 g/mol. The van der Waals surface area contributed by atoms with E-state index in [-0.39, 0.29) is 5.57 Å². The molecule has 0 atom stereocenters. The molecule has 5 rings (SSSR count). The van der Waals surface area contributed by atoms with Crippen LogP contribution in [0.4, 0.5) is 0 Å². The number of rotatable bonds is 8. The second-order valence-corrected chi connectivity index (χ2v) is 11.1. The molecule has 3 aromatic rings. The Balaban J connectivity index is 1.25. The molecule has 2 heterocycles. The highest BCUT2D eigenvalue weighted by Gasteiger charge is 2.22. The largest absolute Gasteiger partial charge is 0.299 e. The summed E-state index contributed by atoms with van der Waals surface area (Å²) in [5.41, 5.74) is 7.69. The van der Waals surface area contributed by atoms with Crippen molar-refractivity contribution in [3.8, 4) is 12.1 Å². The Bertz CT molecular complexity index is 1320. The van der Waals surface area contributed by atoms with E-state index in [0.717, 1.165) is 76.1 Å². The molecule has 0 aromatic heterocycles. The summed E-state index contributed by atoms with van der Waals surface area (Å²) >= 11 is 0. The van der Waals surface area contributed by atoms with Crippen LogP contribution in [0.2, 0.25) is 0 Å². The summed E-state index contributed by atoms with van der Waals surface area (Å²) in [6, 6.07) is 32.4. The van der Waals surface area contributed by atoms with Crippen molar-refractivity contribution in [2.45, 2.75) is 58.2 Å². The molecule has 0 N–H and O–H groups in total. The van der Waals surface area contributed by atoms with Crippen LogP contribution < -0.4 is 0 Å². The quantitative estimate of drug-likeness (QED) is 0.300. The molecule has 1 fully saturated rings. The third-order valence-electron chi connectivity index (χ3n) is 8.40. The second kappa shape index (κ2) is 13.4. The van der Waals surface area contributed by atoms with Gasteiger partial charge in [-0.15, -0.1) is 0 Å². The van der Waals surface area contributed by atoms with Gasteiger partial charge in [0.15, 0.2) is 0 Å². The molecule has 4 heteroatoms. The van der Waals surface area contributed by atoms with Crippen molar-refractivity contribution in [1.82, 2.24) is 9.80 Å². The average molecular weight is 515 g/mol. The fourth-order valence-electron chi connectivity index (χ4n) is 6.19. The molecule has 2 aliphatic heterocycles. The Morgan fingerprint density at radius 2 is 1.38 bits per heavy atom. The van der Waals surface area contributed by atoms with Gasteiger partial charge in [-0.2, -0.15) is 10.5 Å². The van der Waals surface area contributed by atoms with Crippen molar-refractivity contribution in [2.24, 2.45) is 5.92 Å². The van der Waals surface area contributed by atoms with Gasteiger partial charge in [0.05, 0.1) is 0 Å². The summed E-state index contributed by atoms with van der Waals surface area (Å²) in [7, 11) is 0. The Labute approximate surface area is 233 Å². The minimum absolute atomic E-state index is 0.270. The molecule has 0 radical (unpaired) electrons. The lowest BCUT2D eigenvalue weighted by molar-refractivity contribution is 0.173. The number of nitriles is 2. The molecule has 2 aliphatic rings. The topological polar surface area (TPSA) is 54.1 Å². The highest BCUT2D eigenvalue weighted by atomic mass is 15.1. The van der Waals surface area contributed by atoms with Crippen LogP contribution in [0.25, 0.3) is 5.57 Å². The molecular formula is C35H38N4. The van der Waals surface area contributed by atoms with Crippen molar-refractivity contribution in [2.75, 3.05) is 19.6 Å². The van der Waals surface area contributed by atoms with Crippen LogP contribution in [0.3, 0.4) is 0 Å². The van der Waals surface area contributed by atoms with E-state index in [0.29, 0.717) is 5.92 Å². The molecule has 0 spiro atoms. The maximum Gasteiger partial charge on any atom is 0.133 e. The summed E-state index contributed by atoms with van der Waals surface area (Å²) in [6.07, 6.45) is 6.38. The minimum Gasteiger partial charge on any atom is -0.299 e. The number of hydrogen-bond donors (Lipinski definition) is 0. The number of likely N-dealkylation sites (tertiary alicyclic amines) is 1. The zero-order valence-electron chi connectivity index (χ0n) is 22.9. The van der Waals surface area contributed by atoms with E-state index < -0.39 is 0 Å². The van der Waals surface area contributed by atoms with Gasteiger partial charge in [-0.25, -0.2) is 0 Å². The molecule has 198 valence electrons. The van der Waals surface area contributed by atoms with E-state index in [2.05, 4.69) is 101 Å². The summed E-state index contributed by atoms with van der Waals surface area (Å²) < 4.78 is 0. The Morgan fingerprint density at radius 3 is 2.03 bits per heavy atom. The van der Waals surface area contributed by atoms with E-state index >= 15 is 0 Å². The van der Waals surface area contributed by atoms with Crippen LogP contribution in [-0.4, -0.2) is 29.4 Å². The maximum atomic E-state index is 9.81. The van der Waals surface area contributed by atoms with Gasteiger partial charge in [0.25, 0.3) is 0 Å². The van der Waals surface area contributed by atoms with E-state index in [1.807, 2.05) is 0 Å². The van der Waals surface area contributed by atoms with Crippen LogP contribution in [0, 0.1) is 28.6 Å². The molecule has 0 amide bonds. The molecule has 1 saturated heterocycles. The number of nitrogens with zero attached hydrogens (tertiary/aromatic N) is 4. The van der Waals surface area contributed by atoms with Crippen LogP contribution >= 0.6 is 0 Å². The lowest BCUT2D eigenvalue weighted by Crippen LogP contribution is -2.33. The minimum atomic E-state index is 0.270. The summed E-state index contributed by atoms with van der Waals surface area (Å²) in [5, 5.41) is 19.6. The lowest BCUT2D eigenvalue weighted by Gasteiger charge is -2.32. The predicted octanol–water partition coefficient (Wildman–Crippen LogP) is 7.13. The SMILES string of the molecule is N#CC(C#N)=C(CCC1CCN(Cc2ccccc2)CC1)c1ccc2c(c1)CN(Cc1ccccc1)CCC2. The van der Waals surface area contributed by atoms with Gasteiger partial charge in [0, 0.05) is 19.6 Å². The first kappa shape index (κ1) is 26.9. The third-order valence-corrected chi connectivity index (χ3v) is 8.40. The molecule has 0 unspecified atom stereocenters. The Morgan fingerprint density at radius 1 is 0.744 bits per heavy atom. The van der Waals surface area contributed by atoms with Crippen LogP contribution in [0.1, 0.15) is 59.9 Å². The third kappa shape index (κ3) is 7.24. The van der Waals surface area contributed by atoms with Gasteiger partial charge in [0.2, 0.25) is 0 Å². The van der Waals surface area contributed by atoms with Gasteiger partial charge >= 0.3 is 0 Å². The molecule has 4 nitrogen and oxygen atoms in total. The molecule has 3 aromatic carbocycles. The zero-order valence-corrected chi connectivity index (χ0v) is 22.9. The van der Waals surface area contributed by atoms with Gasteiger partial charge < -0.3 is 0 Å². The van der Waals surface area contributed by atoms with Gasteiger partial charge in [-0.05, 0) is 104 Å². The van der Waals surface area contributed by atoms with Crippen molar-refractivity contribution < 1.29 is 0 Å². The highest BCUT2D eigenvalue weighted by molar-refractivity contribution is 5.75. The van der Waals surface area contributed by atoms with E-state index in [1.165, 1.54) is 35.1 Å². The van der Waals surface area contributed by atoms with Crippen molar-refractivity contribution in [3.05, 3.63) is 112 Å². The van der Waals surface area contributed by atoms with Crippen LogP contribution in [0.5, 0.6) is 0 Å². The van der Waals surface area contributed by atoms with Gasteiger partial charge in [0.1, 0.15) is 17.7 Å². The number of benzene rings is 3. The van der Waals surface area contributed by atoms with Gasteiger partial charge in [-0.1, -0.05) is 72.8 Å².